The highest BCUT2D eigenvalue weighted by atomic mass is 32.2. The molecule has 0 N–H and O–H groups in total. The minimum Gasteiger partial charge on any atom is -0.378 e. The number of nitrogens with zero attached hydrogens (tertiary/aromatic N) is 6. The molecule has 4 rings (SSSR count). The molecule has 1 saturated heterocycles. The van der Waals surface area contributed by atoms with E-state index in [-0.39, 0.29) is 10.6 Å². The first-order chi connectivity index (χ1) is 13.2. The normalized spacial score (nSPS) is 14.6. The molecule has 140 valence electrons. The molecule has 3 aromatic rings. The number of non-ortho nitro benzene ring substituents is 1. The van der Waals surface area contributed by atoms with Gasteiger partial charge in [0.15, 0.2) is 5.16 Å². The van der Waals surface area contributed by atoms with E-state index in [0.29, 0.717) is 18.6 Å². The fraction of sp³-hybridized carbons (Fsp3) is 0.353. The van der Waals surface area contributed by atoms with Gasteiger partial charge in [-0.1, -0.05) is 0 Å². The van der Waals surface area contributed by atoms with E-state index >= 15 is 0 Å². The van der Waals surface area contributed by atoms with Crippen LogP contribution in [0.4, 0.5) is 11.6 Å². The lowest BCUT2D eigenvalue weighted by Crippen LogP contribution is -2.38. The number of ether oxygens (including phenoxy) is 1. The molecule has 2 aromatic heterocycles. The first-order valence-corrected chi connectivity index (χ1v) is 9.45. The predicted octanol–water partition coefficient (Wildman–Crippen LogP) is 2.74. The van der Waals surface area contributed by atoms with E-state index in [1.54, 1.807) is 18.3 Å². The third kappa shape index (κ3) is 3.33. The molecule has 0 aliphatic carbocycles. The lowest BCUT2D eigenvalue weighted by atomic mass is 10.1. The second-order valence-electron chi connectivity index (χ2n) is 5.99. The summed E-state index contributed by atoms with van der Waals surface area (Å²) in [5.74, 6) is 0.830. The van der Waals surface area contributed by atoms with E-state index in [1.165, 1.54) is 24.0 Å². The molecule has 0 unspecified atom stereocenters. The Hall–Kier alpha value is -2.72. The van der Waals surface area contributed by atoms with Gasteiger partial charge < -0.3 is 9.64 Å². The molecule has 9 nitrogen and oxygen atoms in total. The molecule has 0 saturated carbocycles. The van der Waals surface area contributed by atoms with Crippen molar-refractivity contribution in [3.63, 3.8) is 0 Å². The Balaban J connectivity index is 1.72. The Kier molecular flexibility index (Phi) is 4.90. The summed E-state index contributed by atoms with van der Waals surface area (Å²) in [5, 5.41) is 22.1. The van der Waals surface area contributed by atoms with Crippen molar-refractivity contribution in [1.29, 1.82) is 0 Å². The maximum Gasteiger partial charge on any atom is 0.278 e. The number of fused-ring (bicyclic) bond motifs is 1. The highest BCUT2D eigenvalue weighted by Crippen LogP contribution is 2.37. The molecular weight excluding hydrogens is 368 g/mol. The zero-order valence-electron chi connectivity index (χ0n) is 14.7. The van der Waals surface area contributed by atoms with E-state index in [9.17, 15) is 10.1 Å². The number of nitro benzene ring substituents is 1. The highest BCUT2D eigenvalue weighted by molar-refractivity contribution is 7.99. The van der Waals surface area contributed by atoms with Crippen LogP contribution in [0, 0.1) is 10.1 Å². The van der Waals surface area contributed by atoms with Gasteiger partial charge in [0.2, 0.25) is 5.95 Å². The molecule has 1 fully saturated rings. The number of benzene rings is 1. The summed E-state index contributed by atoms with van der Waals surface area (Å²) in [4.78, 5) is 18.0. The van der Waals surface area contributed by atoms with Gasteiger partial charge in [-0.3, -0.25) is 19.7 Å². The molecule has 0 amide bonds. The van der Waals surface area contributed by atoms with Crippen LogP contribution in [0.3, 0.4) is 0 Å². The second kappa shape index (κ2) is 7.49. The van der Waals surface area contributed by atoms with Crippen molar-refractivity contribution in [2.45, 2.75) is 23.5 Å². The van der Waals surface area contributed by atoms with Gasteiger partial charge in [0.25, 0.3) is 5.69 Å². The van der Waals surface area contributed by atoms with E-state index in [1.807, 2.05) is 0 Å². The maximum absolute atomic E-state index is 11.3. The summed E-state index contributed by atoms with van der Waals surface area (Å²) in [6.45, 7) is 5.71. The summed E-state index contributed by atoms with van der Waals surface area (Å²) in [5.41, 5.74) is 0.0495. The van der Waals surface area contributed by atoms with Crippen molar-refractivity contribution in [2.75, 3.05) is 31.2 Å². The van der Waals surface area contributed by atoms with Gasteiger partial charge in [-0.05, 0) is 30.8 Å². The van der Waals surface area contributed by atoms with E-state index < -0.39 is 0 Å². The van der Waals surface area contributed by atoms with Crippen LogP contribution in [-0.2, 0) is 11.3 Å². The van der Waals surface area contributed by atoms with Gasteiger partial charge in [0, 0.05) is 48.4 Å². The smallest absolute Gasteiger partial charge is 0.278 e. The van der Waals surface area contributed by atoms with Crippen molar-refractivity contribution < 1.29 is 9.66 Å². The van der Waals surface area contributed by atoms with Gasteiger partial charge in [-0.2, -0.15) is 0 Å². The van der Waals surface area contributed by atoms with Gasteiger partial charge in [0.1, 0.15) is 0 Å². The minimum atomic E-state index is -0.385. The van der Waals surface area contributed by atoms with Crippen LogP contribution < -0.4 is 4.90 Å². The van der Waals surface area contributed by atoms with Crippen LogP contribution in [0.5, 0.6) is 0 Å². The average Bonchev–Trinajstić information content (AvgIpc) is 3.11. The zero-order chi connectivity index (χ0) is 18.8. The van der Waals surface area contributed by atoms with Crippen LogP contribution in [-0.4, -0.2) is 51.0 Å². The molecule has 3 heterocycles. The molecule has 1 aliphatic rings. The summed E-state index contributed by atoms with van der Waals surface area (Å²) in [7, 11) is 0. The van der Waals surface area contributed by atoms with Crippen LogP contribution in [0.2, 0.25) is 0 Å². The van der Waals surface area contributed by atoms with Gasteiger partial charge in [0.05, 0.1) is 23.5 Å². The molecule has 0 radical (unpaired) electrons. The first-order valence-electron chi connectivity index (χ1n) is 8.64. The van der Waals surface area contributed by atoms with Crippen molar-refractivity contribution >= 4 is 34.2 Å². The Morgan fingerprint density at radius 2 is 2.04 bits per heavy atom. The topological polar surface area (TPSA) is 99.2 Å². The zero-order valence-corrected chi connectivity index (χ0v) is 15.6. The Morgan fingerprint density at radius 3 is 2.78 bits per heavy atom. The molecule has 1 aliphatic heterocycles. The van der Waals surface area contributed by atoms with E-state index in [2.05, 4.69) is 31.6 Å². The summed E-state index contributed by atoms with van der Waals surface area (Å²) in [6, 6.07) is 5.07. The molecule has 27 heavy (non-hydrogen) atoms. The number of nitro groups is 1. The number of pyridine rings is 1. The number of hydrogen-bond acceptors (Lipinski definition) is 8. The standard InChI is InChI=1S/C17H18N6O3S/c1-2-22-16(21-7-9-26-10-8-21)19-20-17(22)27-15-4-3-14(23(24)25)13-11-18-6-5-12(13)15/h3-6,11H,2,7-10H2,1H3. The van der Waals surface area contributed by atoms with Crippen LogP contribution in [0.15, 0.2) is 40.6 Å². The largest absolute Gasteiger partial charge is 0.378 e. The fourth-order valence-electron chi connectivity index (χ4n) is 3.12. The monoisotopic (exact) mass is 386 g/mol. The maximum atomic E-state index is 11.3. The van der Waals surface area contributed by atoms with Crippen LogP contribution >= 0.6 is 11.8 Å². The number of anilines is 1. The average molecular weight is 386 g/mol. The molecule has 0 spiro atoms. The molecular formula is C17H18N6O3S. The fourth-order valence-corrected chi connectivity index (χ4v) is 4.15. The van der Waals surface area contributed by atoms with E-state index in [0.717, 1.165) is 41.0 Å². The predicted molar refractivity (Wildman–Crippen MR) is 101 cm³/mol. The van der Waals surface area contributed by atoms with Crippen molar-refractivity contribution in [3.05, 3.63) is 40.7 Å². The molecule has 1 aromatic carbocycles. The third-order valence-electron chi connectivity index (χ3n) is 4.46. The summed E-state index contributed by atoms with van der Waals surface area (Å²) in [6.07, 6.45) is 3.17. The lowest BCUT2D eigenvalue weighted by molar-refractivity contribution is -0.383. The Labute approximate surface area is 159 Å². The molecule has 0 atom stereocenters. The number of aromatic nitrogens is 4. The number of hydrogen-bond donors (Lipinski definition) is 0. The SMILES string of the molecule is CCn1c(Sc2ccc([N+](=O)[O-])c3cnccc23)nnc1N1CCOCC1. The van der Waals surface area contributed by atoms with Gasteiger partial charge in [-0.15, -0.1) is 10.2 Å². The van der Waals surface area contributed by atoms with Crippen LogP contribution in [0.1, 0.15) is 6.92 Å². The lowest BCUT2D eigenvalue weighted by Gasteiger charge is -2.27. The highest BCUT2D eigenvalue weighted by Gasteiger charge is 2.21. The third-order valence-corrected chi connectivity index (χ3v) is 5.52. The minimum absolute atomic E-state index is 0.0495. The second-order valence-corrected chi connectivity index (χ2v) is 7.00. The quantitative estimate of drug-likeness (QED) is 0.487. The van der Waals surface area contributed by atoms with Gasteiger partial charge in [-0.25, -0.2) is 0 Å². The number of rotatable bonds is 5. The summed E-state index contributed by atoms with van der Waals surface area (Å²) >= 11 is 1.45. The number of morpholine rings is 1. The Bertz CT molecular complexity index is 986. The summed E-state index contributed by atoms with van der Waals surface area (Å²) < 4.78 is 7.47. The molecule has 10 heteroatoms. The van der Waals surface area contributed by atoms with Crippen molar-refractivity contribution in [3.8, 4) is 0 Å². The van der Waals surface area contributed by atoms with Crippen molar-refractivity contribution in [1.82, 2.24) is 19.7 Å². The molecule has 0 bridgehead atoms. The van der Waals surface area contributed by atoms with Crippen LogP contribution in [0.25, 0.3) is 10.8 Å². The Morgan fingerprint density at radius 1 is 1.22 bits per heavy atom. The first kappa shape index (κ1) is 17.7. The van der Waals surface area contributed by atoms with Gasteiger partial charge >= 0.3 is 0 Å². The van der Waals surface area contributed by atoms with Crippen molar-refractivity contribution in [2.24, 2.45) is 0 Å². The van der Waals surface area contributed by atoms with E-state index in [4.69, 9.17) is 4.74 Å².